The van der Waals surface area contributed by atoms with Crippen molar-refractivity contribution in [2.45, 2.75) is 56.8 Å². The molecular weight excluding hydrogens is 340 g/mol. The molecule has 0 aromatic carbocycles. The highest BCUT2D eigenvalue weighted by Gasteiger charge is 2.46. The fourth-order valence-electron chi connectivity index (χ4n) is 4.39. The van der Waals surface area contributed by atoms with Gasteiger partial charge in [-0.15, -0.1) is 0 Å². The van der Waals surface area contributed by atoms with E-state index < -0.39 is 0 Å². The third-order valence-corrected chi connectivity index (χ3v) is 6.25. The predicted octanol–water partition coefficient (Wildman–Crippen LogP) is 3.59. The maximum atomic E-state index is 12.7. The molecule has 2 aliphatic carbocycles. The van der Waals surface area contributed by atoms with E-state index in [0.717, 1.165) is 44.1 Å². The fourth-order valence-corrected chi connectivity index (χ4v) is 4.39. The molecule has 0 radical (unpaired) electrons. The van der Waals surface area contributed by atoms with Crippen molar-refractivity contribution in [3.8, 4) is 11.6 Å². The fraction of sp³-hybridized carbons (Fsp3) is 0.619. The SMILES string of the molecule is O=C(CC1CC1)N1CCCC(CC2CC2)(c2noc(-c3ccccn3)n2)C1. The van der Waals surface area contributed by atoms with Crippen LogP contribution < -0.4 is 0 Å². The summed E-state index contributed by atoms with van der Waals surface area (Å²) in [5.74, 6) is 2.91. The zero-order valence-corrected chi connectivity index (χ0v) is 15.6. The lowest BCUT2D eigenvalue weighted by atomic mass is 9.74. The van der Waals surface area contributed by atoms with E-state index in [0.29, 0.717) is 29.8 Å². The Morgan fingerprint density at radius 3 is 2.81 bits per heavy atom. The first-order chi connectivity index (χ1) is 13.2. The topological polar surface area (TPSA) is 72.1 Å². The van der Waals surface area contributed by atoms with Gasteiger partial charge in [0.25, 0.3) is 5.89 Å². The Hall–Kier alpha value is -2.24. The van der Waals surface area contributed by atoms with Crippen LogP contribution in [0.15, 0.2) is 28.9 Å². The van der Waals surface area contributed by atoms with Gasteiger partial charge in [-0.2, -0.15) is 4.98 Å². The van der Waals surface area contributed by atoms with Crippen molar-refractivity contribution in [1.82, 2.24) is 20.0 Å². The normalized spacial score (nSPS) is 25.6. The summed E-state index contributed by atoms with van der Waals surface area (Å²) in [7, 11) is 0. The number of nitrogens with zero attached hydrogens (tertiary/aromatic N) is 4. The highest BCUT2D eigenvalue weighted by atomic mass is 16.5. The summed E-state index contributed by atoms with van der Waals surface area (Å²) in [5, 5.41) is 4.37. The molecule has 142 valence electrons. The Kier molecular flexibility index (Phi) is 4.21. The van der Waals surface area contributed by atoms with Crippen molar-refractivity contribution < 1.29 is 9.32 Å². The van der Waals surface area contributed by atoms with Gasteiger partial charge in [0.2, 0.25) is 5.91 Å². The van der Waals surface area contributed by atoms with Crippen LogP contribution >= 0.6 is 0 Å². The number of hydrogen-bond acceptors (Lipinski definition) is 5. The summed E-state index contributed by atoms with van der Waals surface area (Å²) in [5.41, 5.74) is 0.533. The minimum absolute atomic E-state index is 0.171. The molecule has 0 N–H and O–H groups in total. The number of piperidine rings is 1. The number of hydrogen-bond donors (Lipinski definition) is 0. The van der Waals surface area contributed by atoms with Crippen LogP contribution in [-0.2, 0) is 10.2 Å². The van der Waals surface area contributed by atoms with Crippen molar-refractivity contribution in [2.75, 3.05) is 13.1 Å². The molecule has 3 fully saturated rings. The van der Waals surface area contributed by atoms with Crippen LogP contribution in [0.1, 0.15) is 57.2 Å². The first-order valence-corrected chi connectivity index (χ1v) is 10.3. The molecule has 2 aromatic rings. The lowest BCUT2D eigenvalue weighted by Crippen LogP contribution is -2.49. The van der Waals surface area contributed by atoms with Crippen LogP contribution in [0.25, 0.3) is 11.6 Å². The minimum Gasteiger partial charge on any atom is -0.342 e. The molecule has 3 heterocycles. The highest BCUT2D eigenvalue weighted by molar-refractivity contribution is 5.77. The van der Waals surface area contributed by atoms with Gasteiger partial charge < -0.3 is 9.42 Å². The Morgan fingerprint density at radius 1 is 1.22 bits per heavy atom. The Balaban J connectivity index is 1.41. The number of likely N-dealkylation sites (tertiary alicyclic amines) is 1. The zero-order valence-electron chi connectivity index (χ0n) is 15.6. The molecule has 1 unspecified atom stereocenters. The van der Waals surface area contributed by atoms with Crippen LogP contribution in [0.5, 0.6) is 0 Å². The Labute approximate surface area is 159 Å². The molecular formula is C21H26N4O2. The monoisotopic (exact) mass is 366 g/mol. The molecule has 0 spiro atoms. The van der Waals surface area contributed by atoms with Gasteiger partial charge in [-0.25, -0.2) is 0 Å². The standard InChI is InChI=1S/C21H26N4O2/c26-18(12-15-5-6-15)25-11-3-9-21(14-25,13-16-7-8-16)20-23-19(27-24-20)17-4-1-2-10-22-17/h1-2,4,10,15-16H,3,5-9,11-14H2. The molecule has 6 heteroatoms. The van der Waals surface area contributed by atoms with Gasteiger partial charge in [0.05, 0.1) is 5.41 Å². The van der Waals surface area contributed by atoms with E-state index in [4.69, 9.17) is 9.51 Å². The van der Waals surface area contributed by atoms with Crippen molar-refractivity contribution >= 4 is 5.91 Å². The summed E-state index contributed by atoms with van der Waals surface area (Å²) in [6, 6.07) is 5.68. The number of carbonyl (C=O) groups is 1. The molecule has 0 bridgehead atoms. The first kappa shape index (κ1) is 16.9. The van der Waals surface area contributed by atoms with E-state index in [9.17, 15) is 4.79 Å². The predicted molar refractivity (Wildman–Crippen MR) is 99.7 cm³/mol. The average molecular weight is 366 g/mol. The van der Waals surface area contributed by atoms with Crippen LogP contribution in [0.3, 0.4) is 0 Å². The molecule has 3 aliphatic rings. The molecule has 1 saturated heterocycles. The van der Waals surface area contributed by atoms with Crippen molar-refractivity contribution in [3.63, 3.8) is 0 Å². The van der Waals surface area contributed by atoms with Crippen LogP contribution in [0.2, 0.25) is 0 Å². The largest absolute Gasteiger partial charge is 0.342 e. The lowest BCUT2D eigenvalue weighted by molar-refractivity contribution is -0.134. The molecule has 2 aromatic heterocycles. The van der Waals surface area contributed by atoms with Gasteiger partial charge in [-0.1, -0.05) is 24.1 Å². The number of amides is 1. The number of rotatable bonds is 6. The van der Waals surface area contributed by atoms with Crippen molar-refractivity contribution in [3.05, 3.63) is 30.2 Å². The van der Waals surface area contributed by atoms with E-state index in [1.807, 2.05) is 18.2 Å². The third-order valence-electron chi connectivity index (χ3n) is 6.25. The van der Waals surface area contributed by atoms with Gasteiger partial charge >= 0.3 is 0 Å². The Bertz CT molecular complexity index is 813. The highest BCUT2D eigenvalue weighted by Crippen LogP contribution is 2.46. The van der Waals surface area contributed by atoms with E-state index in [1.54, 1.807) is 6.20 Å². The minimum atomic E-state index is -0.171. The van der Waals surface area contributed by atoms with E-state index in [1.165, 1.54) is 25.7 Å². The third kappa shape index (κ3) is 3.62. The molecule has 2 saturated carbocycles. The number of carbonyl (C=O) groups excluding carboxylic acids is 1. The van der Waals surface area contributed by atoms with Gasteiger partial charge in [-0.05, 0) is 56.1 Å². The molecule has 5 rings (SSSR count). The van der Waals surface area contributed by atoms with Crippen molar-refractivity contribution in [2.24, 2.45) is 11.8 Å². The van der Waals surface area contributed by atoms with Crippen LogP contribution in [0, 0.1) is 11.8 Å². The van der Waals surface area contributed by atoms with Crippen LogP contribution in [0.4, 0.5) is 0 Å². The molecule has 1 atom stereocenters. The molecule has 6 nitrogen and oxygen atoms in total. The summed E-state index contributed by atoms with van der Waals surface area (Å²) < 4.78 is 5.57. The molecule has 27 heavy (non-hydrogen) atoms. The van der Waals surface area contributed by atoms with Crippen molar-refractivity contribution in [1.29, 1.82) is 0 Å². The lowest BCUT2D eigenvalue weighted by Gasteiger charge is -2.41. The Morgan fingerprint density at radius 2 is 2.07 bits per heavy atom. The number of pyridine rings is 1. The maximum absolute atomic E-state index is 12.7. The number of aromatic nitrogens is 3. The second-order valence-electron chi connectivity index (χ2n) is 8.63. The maximum Gasteiger partial charge on any atom is 0.276 e. The smallest absolute Gasteiger partial charge is 0.276 e. The summed E-state index contributed by atoms with van der Waals surface area (Å²) >= 11 is 0. The van der Waals surface area contributed by atoms with Gasteiger partial charge in [0.1, 0.15) is 5.69 Å². The van der Waals surface area contributed by atoms with E-state index >= 15 is 0 Å². The average Bonchev–Trinajstić information content (AvgIpc) is 3.63. The second-order valence-corrected chi connectivity index (χ2v) is 8.63. The van der Waals surface area contributed by atoms with E-state index in [2.05, 4.69) is 15.0 Å². The van der Waals surface area contributed by atoms with Gasteiger partial charge in [-0.3, -0.25) is 9.78 Å². The summed E-state index contributed by atoms with van der Waals surface area (Å²) in [4.78, 5) is 23.9. The quantitative estimate of drug-likeness (QED) is 0.781. The van der Waals surface area contributed by atoms with Gasteiger partial charge in [0, 0.05) is 25.7 Å². The summed E-state index contributed by atoms with van der Waals surface area (Å²) in [6.45, 7) is 1.60. The summed E-state index contributed by atoms with van der Waals surface area (Å²) in [6.07, 6.45) is 10.5. The zero-order chi connectivity index (χ0) is 18.3. The molecule has 1 aliphatic heterocycles. The van der Waals surface area contributed by atoms with E-state index in [-0.39, 0.29) is 5.41 Å². The second kappa shape index (κ2) is 6.73. The first-order valence-electron chi connectivity index (χ1n) is 10.3. The van der Waals surface area contributed by atoms with Gasteiger partial charge in [0.15, 0.2) is 5.82 Å². The van der Waals surface area contributed by atoms with Crippen LogP contribution in [-0.4, -0.2) is 39.0 Å². The molecule has 1 amide bonds.